The Balaban J connectivity index is 1.74. The minimum Gasteiger partial charge on any atom is -0.443 e. The Kier molecular flexibility index (Phi) is 6.58. The van der Waals surface area contributed by atoms with Crippen LogP contribution >= 0.6 is 0 Å². The molecule has 29 heavy (non-hydrogen) atoms. The summed E-state index contributed by atoms with van der Waals surface area (Å²) in [4.78, 5) is 37.4. The summed E-state index contributed by atoms with van der Waals surface area (Å²) in [6, 6.07) is 7.91. The zero-order valence-corrected chi connectivity index (χ0v) is 16.7. The first-order valence-corrected chi connectivity index (χ1v) is 9.90. The van der Waals surface area contributed by atoms with E-state index in [0.29, 0.717) is 13.0 Å². The van der Waals surface area contributed by atoms with Crippen LogP contribution in [-0.2, 0) is 16.1 Å². The Morgan fingerprint density at radius 3 is 2.62 bits per heavy atom. The average molecular weight is 404 g/mol. The van der Waals surface area contributed by atoms with Gasteiger partial charge in [-0.3, -0.25) is 4.79 Å². The molecule has 9 nitrogen and oxygen atoms in total. The van der Waals surface area contributed by atoms with E-state index in [-0.39, 0.29) is 37.3 Å². The van der Waals surface area contributed by atoms with Crippen LogP contribution in [0.5, 0.6) is 0 Å². The first-order valence-electron chi connectivity index (χ1n) is 9.90. The molecule has 0 saturated carbocycles. The van der Waals surface area contributed by atoms with Crippen molar-refractivity contribution in [1.82, 2.24) is 20.7 Å². The summed E-state index contributed by atoms with van der Waals surface area (Å²) in [5.41, 5.74) is 0.798. The predicted octanol–water partition coefficient (Wildman–Crippen LogP) is 1.43. The first kappa shape index (κ1) is 20.9. The van der Waals surface area contributed by atoms with E-state index in [4.69, 9.17) is 4.74 Å². The van der Waals surface area contributed by atoms with Crippen molar-refractivity contribution in [2.45, 2.75) is 45.6 Å². The van der Waals surface area contributed by atoms with E-state index in [0.717, 1.165) is 10.6 Å². The van der Waals surface area contributed by atoms with Gasteiger partial charge in [-0.1, -0.05) is 44.2 Å². The van der Waals surface area contributed by atoms with E-state index in [1.165, 1.54) is 5.01 Å². The summed E-state index contributed by atoms with van der Waals surface area (Å²) in [5, 5.41) is 18.5. The third kappa shape index (κ3) is 4.97. The number of benzene rings is 1. The molecule has 4 amide bonds. The summed E-state index contributed by atoms with van der Waals surface area (Å²) >= 11 is 0. The number of hydrazine groups is 1. The first-order chi connectivity index (χ1) is 13.9. The molecule has 0 spiro atoms. The van der Waals surface area contributed by atoms with Crippen LogP contribution in [0.4, 0.5) is 9.59 Å². The fourth-order valence-corrected chi connectivity index (χ4v) is 3.58. The van der Waals surface area contributed by atoms with Gasteiger partial charge in [-0.2, -0.15) is 5.01 Å². The maximum absolute atomic E-state index is 12.8. The Morgan fingerprint density at radius 2 is 2.00 bits per heavy atom. The maximum Gasteiger partial charge on any atom is 0.431 e. The van der Waals surface area contributed by atoms with E-state index in [1.54, 1.807) is 0 Å². The molecule has 2 aliphatic heterocycles. The molecule has 158 valence electrons. The highest BCUT2D eigenvalue weighted by Crippen LogP contribution is 2.24. The molecule has 3 atom stereocenters. The number of aliphatic hydroxyl groups excluding tert-OH is 1. The number of ether oxygens (including phenoxy) is 1. The van der Waals surface area contributed by atoms with Crippen LogP contribution in [0.3, 0.4) is 0 Å². The molecule has 2 heterocycles. The molecule has 1 aromatic rings. The van der Waals surface area contributed by atoms with E-state index in [9.17, 15) is 19.5 Å². The van der Waals surface area contributed by atoms with Crippen molar-refractivity contribution in [3.8, 4) is 0 Å². The molecule has 0 bridgehead atoms. The minimum atomic E-state index is -1.33. The summed E-state index contributed by atoms with van der Waals surface area (Å²) < 4.78 is 5.36. The lowest BCUT2D eigenvalue weighted by atomic mass is 9.96. The second-order valence-electron chi connectivity index (χ2n) is 7.84. The number of urea groups is 1. The average Bonchev–Trinajstić information content (AvgIpc) is 3.09. The molecule has 2 fully saturated rings. The zero-order chi connectivity index (χ0) is 21.0. The number of nitrogens with zero attached hydrogens (tertiary/aromatic N) is 2. The molecule has 2 unspecified atom stereocenters. The molecule has 2 aliphatic rings. The van der Waals surface area contributed by atoms with Crippen LogP contribution in [0.2, 0.25) is 0 Å². The second kappa shape index (κ2) is 9.13. The van der Waals surface area contributed by atoms with Crippen molar-refractivity contribution in [2.24, 2.45) is 11.8 Å². The van der Waals surface area contributed by atoms with E-state index >= 15 is 0 Å². The number of hydrogen-bond donors (Lipinski definition) is 3. The number of carbonyl (C=O) groups excluding carboxylic acids is 3. The Bertz CT molecular complexity index is 742. The number of aliphatic hydroxyl groups is 1. The van der Waals surface area contributed by atoms with Crippen LogP contribution in [0.15, 0.2) is 30.3 Å². The summed E-state index contributed by atoms with van der Waals surface area (Å²) in [7, 11) is 0. The van der Waals surface area contributed by atoms with Crippen LogP contribution in [0.1, 0.15) is 32.3 Å². The van der Waals surface area contributed by atoms with Crippen LogP contribution in [0, 0.1) is 11.8 Å². The minimum absolute atomic E-state index is 0.0235. The third-order valence-corrected chi connectivity index (χ3v) is 5.05. The van der Waals surface area contributed by atoms with Crippen LogP contribution < -0.4 is 10.6 Å². The monoisotopic (exact) mass is 404 g/mol. The number of rotatable bonds is 6. The van der Waals surface area contributed by atoms with Crippen LogP contribution in [-0.4, -0.2) is 58.5 Å². The van der Waals surface area contributed by atoms with Gasteiger partial charge < -0.3 is 20.5 Å². The van der Waals surface area contributed by atoms with Gasteiger partial charge in [-0.25, -0.2) is 14.6 Å². The van der Waals surface area contributed by atoms with Crippen molar-refractivity contribution in [1.29, 1.82) is 0 Å². The van der Waals surface area contributed by atoms with Gasteiger partial charge in [0.15, 0.2) is 6.23 Å². The number of carbonyl (C=O) groups is 3. The largest absolute Gasteiger partial charge is 0.443 e. The van der Waals surface area contributed by atoms with Crippen molar-refractivity contribution in [3.05, 3.63) is 35.9 Å². The molecule has 0 aliphatic carbocycles. The fraction of sp³-hybridized carbons (Fsp3) is 0.550. The van der Waals surface area contributed by atoms with E-state index < -0.39 is 24.4 Å². The van der Waals surface area contributed by atoms with E-state index in [2.05, 4.69) is 10.6 Å². The lowest BCUT2D eigenvalue weighted by Gasteiger charge is -2.45. The molecule has 0 aromatic heterocycles. The highest BCUT2D eigenvalue weighted by Gasteiger charge is 2.44. The van der Waals surface area contributed by atoms with Gasteiger partial charge in [-0.05, 0) is 24.3 Å². The van der Waals surface area contributed by atoms with Crippen LogP contribution in [0.25, 0.3) is 0 Å². The lowest BCUT2D eigenvalue weighted by molar-refractivity contribution is -0.137. The van der Waals surface area contributed by atoms with Gasteiger partial charge in [0.05, 0.1) is 6.04 Å². The number of hydrogen-bond acceptors (Lipinski definition) is 5. The van der Waals surface area contributed by atoms with Crippen molar-refractivity contribution >= 4 is 18.0 Å². The van der Waals surface area contributed by atoms with Gasteiger partial charge in [0.2, 0.25) is 5.91 Å². The highest BCUT2D eigenvalue weighted by molar-refractivity contribution is 5.82. The molecule has 2 saturated heterocycles. The van der Waals surface area contributed by atoms with Gasteiger partial charge in [0.25, 0.3) is 0 Å². The summed E-state index contributed by atoms with van der Waals surface area (Å²) in [5.74, 6) is -0.349. The molecule has 9 heteroatoms. The summed E-state index contributed by atoms with van der Waals surface area (Å²) in [6.07, 6.45) is -1.26. The smallest absolute Gasteiger partial charge is 0.431 e. The SMILES string of the molecule is CC(C)CN1C(=O)N[C@@H](CC2CCNC2=O)C(O)N1C(=O)OCc1ccccc1. The number of amides is 4. The normalized spacial score (nSPS) is 24.5. The zero-order valence-electron chi connectivity index (χ0n) is 16.7. The predicted molar refractivity (Wildman–Crippen MR) is 104 cm³/mol. The van der Waals surface area contributed by atoms with Crippen molar-refractivity contribution in [2.75, 3.05) is 13.1 Å². The van der Waals surface area contributed by atoms with Crippen molar-refractivity contribution in [3.63, 3.8) is 0 Å². The van der Waals surface area contributed by atoms with Gasteiger partial charge in [0.1, 0.15) is 6.61 Å². The molecule has 3 rings (SSSR count). The second-order valence-corrected chi connectivity index (χ2v) is 7.84. The Morgan fingerprint density at radius 1 is 1.28 bits per heavy atom. The summed E-state index contributed by atoms with van der Waals surface area (Å²) in [6.45, 7) is 4.64. The maximum atomic E-state index is 12.8. The molecule has 3 N–H and O–H groups in total. The third-order valence-electron chi connectivity index (χ3n) is 5.05. The quantitative estimate of drug-likeness (QED) is 0.664. The lowest BCUT2D eigenvalue weighted by Crippen LogP contribution is -2.69. The van der Waals surface area contributed by atoms with Gasteiger partial charge in [0, 0.05) is 19.0 Å². The van der Waals surface area contributed by atoms with Gasteiger partial charge >= 0.3 is 12.1 Å². The molecule has 0 radical (unpaired) electrons. The van der Waals surface area contributed by atoms with E-state index in [1.807, 2.05) is 44.2 Å². The topological polar surface area (TPSA) is 111 Å². The Labute approximate surface area is 170 Å². The standard InChI is InChI=1S/C20H28N4O5/c1-13(2)11-23-19(27)22-16(10-15-8-9-21-17(15)25)18(26)24(23)20(28)29-12-14-6-4-3-5-7-14/h3-7,13,15-16,18,26H,8-12H2,1-2H3,(H,21,25)(H,22,27)/t15?,16-,18?/m0/s1. The molecular formula is C20H28N4O5. The van der Waals surface area contributed by atoms with Gasteiger partial charge in [-0.15, -0.1) is 0 Å². The number of nitrogens with one attached hydrogen (secondary N) is 2. The Hall–Kier alpha value is -2.81. The fourth-order valence-electron chi connectivity index (χ4n) is 3.58. The highest BCUT2D eigenvalue weighted by atomic mass is 16.6. The molecular weight excluding hydrogens is 376 g/mol. The van der Waals surface area contributed by atoms with Crippen molar-refractivity contribution < 1.29 is 24.2 Å². The molecule has 1 aromatic carbocycles.